The van der Waals surface area contributed by atoms with Gasteiger partial charge in [-0.25, -0.2) is 9.97 Å². The van der Waals surface area contributed by atoms with Gasteiger partial charge in [0, 0.05) is 54.8 Å². The third-order valence-electron chi connectivity index (χ3n) is 5.20. The molecular weight excluding hydrogens is 419 g/mol. The van der Waals surface area contributed by atoms with Gasteiger partial charge in [0.15, 0.2) is 5.82 Å². The first kappa shape index (κ1) is 19.2. The van der Waals surface area contributed by atoms with E-state index in [2.05, 4.69) is 14.9 Å². The molecule has 0 radical (unpaired) electrons. The van der Waals surface area contributed by atoms with Gasteiger partial charge in [0.05, 0.1) is 22.3 Å². The minimum absolute atomic E-state index is 0.519. The summed E-state index contributed by atoms with van der Waals surface area (Å²) >= 11 is 12.1. The zero-order valence-electron chi connectivity index (χ0n) is 16.1. The van der Waals surface area contributed by atoms with Gasteiger partial charge in [0.25, 0.3) is 0 Å². The van der Waals surface area contributed by atoms with E-state index in [1.54, 1.807) is 18.5 Å². The molecule has 5 nitrogen and oxygen atoms in total. The van der Waals surface area contributed by atoms with Crippen molar-refractivity contribution in [3.05, 3.63) is 88.1 Å². The van der Waals surface area contributed by atoms with Crippen molar-refractivity contribution in [1.82, 2.24) is 19.9 Å². The van der Waals surface area contributed by atoms with E-state index in [1.807, 2.05) is 42.6 Å². The first-order chi connectivity index (χ1) is 14.7. The summed E-state index contributed by atoms with van der Waals surface area (Å²) in [5, 5.41) is 1.05. The fourth-order valence-corrected chi connectivity index (χ4v) is 3.94. The van der Waals surface area contributed by atoms with E-state index < -0.39 is 0 Å². The number of aromatic nitrogens is 3. The molecule has 0 amide bonds. The van der Waals surface area contributed by atoms with Crippen molar-refractivity contribution in [2.24, 2.45) is 0 Å². The van der Waals surface area contributed by atoms with Crippen molar-refractivity contribution >= 4 is 23.2 Å². The largest absolute Gasteiger partial charge is 0.460 e. The van der Waals surface area contributed by atoms with Crippen molar-refractivity contribution in [1.29, 1.82) is 0 Å². The summed E-state index contributed by atoms with van der Waals surface area (Å²) in [6, 6.07) is 13.3. The van der Waals surface area contributed by atoms with Gasteiger partial charge in [-0.15, -0.1) is 0 Å². The van der Waals surface area contributed by atoms with Gasteiger partial charge in [-0.1, -0.05) is 23.2 Å². The fourth-order valence-electron chi connectivity index (χ4n) is 3.64. The molecule has 150 valence electrons. The smallest absolute Gasteiger partial charge is 0.159 e. The minimum atomic E-state index is 0.519. The molecule has 0 spiro atoms. The lowest BCUT2D eigenvalue weighted by molar-refractivity contribution is 0.224. The lowest BCUT2D eigenvalue weighted by atomic mass is 10.1. The molecule has 3 aromatic heterocycles. The van der Waals surface area contributed by atoms with Crippen molar-refractivity contribution in [3.8, 4) is 22.7 Å². The minimum Gasteiger partial charge on any atom is -0.460 e. The number of hydrogen-bond acceptors (Lipinski definition) is 5. The van der Waals surface area contributed by atoms with E-state index in [4.69, 9.17) is 32.6 Å². The van der Waals surface area contributed by atoms with E-state index in [9.17, 15) is 0 Å². The van der Waals surface area contributed by atoms with Crippen LogP contribution in [0.3, 0.4) is 0 Å². The normalized spacial score (nSPS) is 13.9. The van der Waals surface area contributed by atoms with Crippen molar-refractivity contribution in [2.45, 2.75) is 19.5 Å². The van der Waals surface area contributed by atoms with Crippen LogP contribution in [0.2, 0.25) is 10.0 Å². The maximum atomic E-state index is 6.13. The van der Waals surface area contributed by atoms with Gasteiger partial charge >= 0.3 is 0 Å². The van der Waals surface area contributed by atoms with Crippen LogP contribution in [0.5, 0.6) is 0 Å². The Balaban J connectivity index is 1.29. The molecule has 30 heavy (non-hydrogen) atoms. The molecule has 5 rings (SSSR count). The zero-order valence-corrected chi connectivity index (χ0v) is 17.6. The van der Waals surface area contributed by atoms with E-state index in [0.717, 1.165) is 65.8 Å². The number of rotatable bonds is 4. The molecule has 4 heterocycles. The molecule has 0 unspecified atom stereocenters. The highest BCUT2D eigenvalue weighted by molar-refractivity contribution is 6.42. The first-order valence-corrected chi connectivity index (χ1v) is 10.4. The summed E-state index contributed by atoms with van der Waals surface area (Å²) in [4.78, 5) is 15.7. The summed E-state index contributed by atoms with van der Waals surface area (Å²) in [6.07, 6.45) is 6.34. The Bertz CT molecular complexity index is 1190. The van der Waals surface area contributed by atoms with Gasteiger partial charge < -0.3 is 4.42 Å². The molecule has 0 N–H and O–H groups in total. The van der Waals surface area contributed by atoms with Crippen LogP contribution in [0.25, 0.3) is 22.7 Å². The zero-order chi connectivity index (χ0) is 20.5. The lowest BCUT2D eigenvalue weighted by Crippen LogP contribution is -2.30. The highest BCUT2D eigenvalue weighted by Gasteiger charge is 2.20. The van der Waals surface area contributed by atoms with Crippen LogP contribution in [0, 0.1) is 0 Å². The third kappa shape index (κ3) is 3.97. The molecule has 1 aromatic carbocycles. The number of hydrogen-bond donors (Lipinski definition) is 0. The Hall–Kier alpha value is -2.73. The maximum absolute atomic E-state index is 6.13. The molecule has 1 aliphatic rings. The van der Waals surface area contributed by atoms with E-state index >= 15 is 0 Å². The van der Waals surface area contributed by atoms with Gasteiger partial charge in [0.1, 0.15) is 11.5 Å². The quantitative estimate of drug-likeness (QED) is 0.412. The van der Waals surface area contributed by atoms with E-state index in [0.29, 0.717) is 10.0 Å². The average molecular weight is 437 g/mol. The van der Waals surface area contributed by atoms with Crippen LogP contribution < -0.4 is 0 Å². The molecule has 0 bridgehead atoms. The number of furan rings is 1. The van der Waals surface area contributed by atoms with Crippen LogP contribution in [0.15, 0.2) is 65.5 Å². The molecule has 7 heteroatoms. The predicted octanol–water partition coefficient (Wildman–Crippen LogP) is 5.66. The van der Waals surface area contributed by atoms with Crippen LogP contribution >= 0.6 is 23.2 Å². The summed E-state index contributed by atoms with van der Waals surface area (Å²) in [7, 11) is 0. The summed E-state index contributed by atoms with van der Waals surface area (Å²) in [6.45, 7) is 2.45. The second-order valence-electron chi connectivity index (χ2n) is 7.26. The highest BCUT2D eigenvalue weighted by atomic mass is 35.5. The monoisotopic (exact) mass is 436 g/mol. The van der Waals surface area contributed by atoms with E-state index in [-0.39, 0.29) is 0 Å². The Morgan fingerprint density at radius 3 is 2.67 bits per heavy atom. The van der Waals surface area contributed by atoms with Crippen LogP contribution in [-0.4, -0.2) is 26.4 Å². The third-order valence-corrected chi connectivity index (χ3v) is 5.94. The number of nitrogens with zero attached hydrogens (tertiary/aromatic N) is 4. The molecule has 0 atom stereocenters. The molecule has 0 aliphatic carbocycles. The van der Waals surface area contributed by atoms with Gasteiger partial charge in [0.2, 0.25) is 0 Å². The summed E-state index contributed by atoms with van der Waals surface area (Å²) in [5.41, 5.74) is 4.18. The Kier molecular flexibility index (Phi) is 5.25. The van der Waals surface area contributed by atoms with Crippen molar-refractivity contribution < 1.29 is 4.42 Å². The molecule has 0 saturated heterocycles. The Morgan fingerprint density at radius 1 is 0.967 bits per heavy atom. The van der Waals surface area contributed by atoms with Crippen LogP contribution in [0.1, 0.15) is 17.0 Å². The second-order valence-corrected chi connectivity index (χ2v) is 8.07. The predicted molar refractivity (Wildman–Crippen MR) is 117 cm³/mol. The Morgan fingerprint density at radius 2 is 1.83 bits per heavy atom. The molecule has 4 aromatic rings. The number of benzene rings is 1. The van der Waals surface area contributed by atoms with Crippen LogP contribution in [-0.2, 0) is 19.5 Å². The lowest BCUT2D eigenvalue weighted by Gasteiger charge is -2.27. The Labute approximate surface area is 184 Å². The SMILES string of the molecule is Clc1ccc(-c2ccc(CN3CCc4nc(-c5ccncc5)ncc4C3)o2)cc1Cl. The molecule has 0 saturated carbocycles. The highest BCUT2D eigenvalue weighted by Crippen LogP contribution is 2.30. The second kappa shape index (κ2) is 8.19. The number of fused-ring (bicyclic) bond motifs is 1. The maximum Gasteiger partial charge on any atom is 0.159 e. The first-order valence-electron chi connectivity index (χ1n) is 9.67. The van der Waals surface area contributed by atoms with Gasteiger partial charge in [-0.3, -0.25) is 9.88 Å². The van der Waals surface area contributed by atoms with Crippen molar-refractivity contribution in [2.75, 3.05) is 6.54 Å². The average Bonchev–Trinajstić information content (AvgIpc) is 3.24. The number of halogens is 2. The van der Waals surface area contributed by atoms with E-state index in [1.165, 1.54) is 0 Å². The summed E-state index contributed by atoms with van der Waals surface area (Å²) < 4.78 is 6.05. The standard InChI is InChI=1S/C23H18Cl2N4O/c24-19-3-1-16(11-20(19)25)22-4-2-18(30-22)14-29-10-7-21-17(13-29)12-27-23(28-21)15-5-8-26-9-6-15/h1-6,8-9,11-12H,7,10,13-14H2. The molecule has 1 aliphatic heterocycles. The fraction of sp³-hybridized carbons (Fsp3) is 0.174. The molecular formula is C23H18Cl2N4O. The number of pyridine rings is 1. The topological polar surface area (TPSA) is 55.1 Å². The van der Waals surface area contributed by atoms with Crippen molar-refractivity contribution in [3.63, 3.8) is 0 Å². The van der Waals surface area contributed by atoms with Gasteiger partial charge in [-0.2, -0.15) is 0 Å². The van der Waals surface area contributed by atoms with Crippen LogP contribution in [0.4, 0.5) is 0 Å². The molecule has 0 fully saturated rings. The van der Waals surface area contributed by atoms with Gasteiger partial charge in [-0.05, 0) is 42.5 Å². The summed E-state index contributed by atoms with van der Waals surface area (Å²) in [5.74, 6) is 2.45.